The molecule has 3 heteroatoms. The van der Waals surface area contributed by atoms with Crippen molar-refractivity contribution in [3.8, 4) is 5.75 Å². The molecule has 0 radical (unpaired) electrons. The van der Waals surface area contributed by atoms with Crippen LogP contribution in [0.3, 0.4) is 0 Å². The van der Waals surface area contributed by atoms with Crippen LogP contribution in [0.1, 0.15) is 50.8 Å². The molecule has 1 atom stereocenters. The van der Waals surface area contributed by atoms with E-state index in [1.54, 1.807) is 7.11 Å². The maximum atomic E-state index is 5.67. The molecule has 0 aliphatic heterocycles. The average molecular weight is 250 g/mol. The Hall–Kier alpha value is -1.06. The number of benzene rings is 1. The Morgan fingerprint density at radius 3 is 2.44 bits per heavy atom. The second kappa shape index (κ2) is 6.21. The van der Waals surface area contributed by atoms with Gasteiger partial charge in [-0.2, -0.15) is 0 Å². The van der Waals surface area contributed by atoms with Gasteiger partial charge in [-0.1, -0.05) is 32.9 Å². The minimum Gasteiger partial charge on any atom is -0.496 e. The molecule has 0 bridgehead atoms. The Bertz CT molecular complexity index is 383. The summed E-state index contributed by atoms with van der Waals surface area (Å²) in [6, 6.07) is 6.44. The summed E-state index contributed by atoms with van der Waals surface area (Å²) in [6.07, 6.45) is 2.17. The maximum absolute atomic E-state index is 5.67. The van der Waals surface area contributed by atoms with Crippen LogP contribution in [0, 0.1) is 12.3 Å². The van der Waals surface area contributed by atoms with Crippen molar-refractivity contribution in [1.82, 2.24) is 5.43 Å². The quantitative estimate of drug-likeness (QED) is 0.622. The van der Waals surface area contributed by atoms with Gasteiger partial charge >= 0.3 is 0 Å². The number of nitrogens with two attached hydrogens (primary N) is 1. The van der Waals surface area contributed by atoms with Crippen LogP contribution < -0.4 is 16.0 Å². The minimum absolute atomic E-state index is 0.203. The summed E-state index contributed by atoms with van der Waals surface area (Å²) >= 11 is 0. The normalized spacial score (nSPS) is 13.4. The summed E-state index contributed by atoms with van der Waals surface area (Å²) in [6.45, 7) is 8.80. The topological polar surface area (TPSA) is 47.3 Å². The van der Waals surface area contributed by atoms with Gasteiger partial charge in [-0.15, -0.1) is 0 Å². The fourth-order valence-corrected chi connectivity index (χ4v) is 2.04. The number of ether oxygens (including phenoxy) is 1. The van der Waals surface area contributed by atoms with Crippen molar-refractivity contribution in [3.63, 3.8) is 0 Å². The van der Waals surface area contributed by atoms with Gasteiger partial charge in [0.25, 0.3) is 0 Å². The van der Waals surface area contributed by atoms with Crippen molar-refractivity contribution in [1.29, 1.82) is 0 Å². The molecule has 0 amide bonds. The second-order valence-corrected chi connectivity index (χ2v) is 6.05. The van der Waals surface area contributed by atoms with Gasteiger partial charge in [-0.3, -0.25) is 11.3 Å². The van der Waals surface area contributed by atoms with Crippen LogP contribution in [-0.2, 0) is 0 Å². The number of methoxy groups -OCH3 is 1. The van der Waals surface area contributed by atoms with E-state index in [2.05, 4.69) is 45.3 Å². The summed E-state index contributed by atoms with van der Waals surface area (Å²) in [5.74, 6) is 6.60. The first kappa shape index (κ1) is 15.0. The molecule has 0 aliphatic rings. The average Bonchev–Trinajstić information content (AvgIpc) is 2.28. The molecule has 1 aromatic carbocycles. The van der Waals surface area contributed by atoms with Crippen molar-refractivity contribution in [2.45, 2.75) is 46.6 Å². The van der Waals surface area contributed by atoms with Crippen LogP contribution in [0.15, 0.2) is 18.2 Å². The highest BCUT2D eigenvalue weighted by Crippen LogP contribution is 2.29. The van der Waals surface area contributed by atoms with Crippen molar-refractivity contribution in [2.75, 3.05) is 7.11 Å². The number of hydrazine groups is 1. The van der Waals surface area contributed by atoms with Gasteiger partial charge in [0.05, 0.1) is 7.11 Å². The number of nitrogens with one attached hydrogen (secondary N) is 1. The molecular formula is C15H26N2O. The van der Waals surface area contributed by atoms with E-state index in [1.165, 1.54) is 5.56 Å². The zero-order chi connectivity index (χ0) is 13.8. The molecular weight excluding hydrogens is 224 g/mol. The van der Waals surface area contributed by atoms with Gasteiger partial charge in [-0.25, -0.2) is 0 Å². The molecule has 0 spiro atoms. The summed E-state index contributed by atoms with van der Waals surface area (Å²) in [5.41, 5.74) is 5.61. The highest BCUT2D eigenvalue weighted by atomic mass is 16.5. The van der Waals surface area contributed by atoms with Crippen LogP contribution in [0.2, 0.25) is 0 Å². The molecule has 0 heterocycles. The molecule has 0 fully saturated rings. The molecule has 0 saturated carbocycles. The lowest BCUT2D eigenvalue weighted by atomic mass is 9.87. The molecule has 1 unspecified atom stereocenters. The molecule has 0 saturated heterocycles. The van der Waals surface area contributed by atoms with Crippen LogP contribution in [-0.4, -0.2) is 7.11 Å². The Morgan fingerprint density at radius 1 is 1.33 bits per heavy atom. The highest BCUT2D eigenvalue weighted by Gasteiger charge is 2.16. The van der Waals surface area contributed by atoms with Gasteiger partial charge in [-0.05, 0) is 42.4 Å². The van der Waals surface area contributed by atoms with Gasteiger partial charge < -0.3 is 4.74 Å². The third kappa shape index (κ3) is 4.31. The first-order valence-electron chi connectivity index (χ1n) is 6.48. The van der Waals surface area contributed by atoms with Gasteiger partial charge in [0.1, 0.15) is 5.75 Å². The smallest absolute Gasteiger partial charge is 0.121 e. The summed E-state index contributed by atoms with van der Waals surface area (Å²) in [7, 11) is 1.69. The van der Waals surface area contributed by atoms with Crippen molar-refractivity contribution < 1.29 is 4.74 Å². The highest BCUT2D eigenvalue weighted by molar-refractivity contribution is 5.37. The fourth-order valence-electron chi connectivity index (χ4n) is 2.04. The molecule has 1 aromatic rings. The Labute approximate surface area is 111 Å². The molecule has 102 valence electrons. The molecule has 3 N–H and O–H groups in total. The molecule has 0 aromatic heterocycles. The van der Waals surface area contributed by atoms with E-state index in [0.29, 0.717) is 5.41 Å². The molecule has 1 rings (SSSR count). The Kier molecular flexibility index (Phi) is 5.17. The van der Waals surface area contributed by atoms with E-state index in [9.17, 15) is 0 Å². The predicted molar refractivity (Wildman–Crippen MR) is 76.5 cm³/mol. The largest absolute Gasteiger partial charge is 0.496 e. The number of rotatable bonds is 5. The van der Waals surface area contributed by atoms with Crippen LogP contribution in [0.4, 0.5) is 0 Å². The Morgan fingerprint density at radius 2 is 2.00 bits per heavy atom. The lowest BCUT2D eigenvalue weighted by Crippen LogP contribution is -2.29. The number of hydrogen-bond acceptors (Lipinski definition) is 3. The lowest BCUT2D eigenvalue weighted by molar-refractivity contribution is 0.333. The summed E-state index contributed by atoms with van der Waals surface area (Å²) < 4.78 is 5.28. The summed E-state index contributed by atoms with van der Waals surface area (Å²) in [5, 5.41) is 0. The van der Waals surface area contributed by atoms with Gasteiger partial charge in [0, 0.05) is 6.04 Å². The van der Waals surface area contributed by atoms with Gasteiger partial charge in [0.2, 0.25) is 0 Å². The molecule has 3 nitrogen and oxygen atoms in total. The SMILES string of the molecule is COc1ccc(C(CCC(C)(C)C)NN)cc1C. The van der Waals surface area contributed by atoms with E-state index < -0.39 is 0 Å². The number of hydrogen-bond donors (Lipinski definition) is 2. The third-order valence-electron chi connectivity index (χ3n) is 3.21. The minimum atomic E-state index is 0.203. The maximum Gasteiger partial charge on any atom is 0.121 e. The van der Waals surface area contributed by atoms with Crippen LogP contribution in [0.25, 0.3) is 0 Å². The van der Waals surface area contributed by atoms with E-state index in [4.69, 9.17) is 10.6 Å². The third-order valence-corrected chi connectivity index (χ3v) is 3.21. The fraction of sp³-hybridized carbons (Fsp3) is 0.600. The van der Waals surface area contributed by atoms with Crippen molar-refractivity contribution in [2.24, 2.45) is 11.3 Å². The second-order valence-electron chi connectivity index (χ2n) is 6.05. The van der Waals surface area contributed by atoms with E-state index >= 15 is 0 Å². The molecule has 18 heavy (non-hydrogen) atoms. The van der Waals surface area contributed by atoms with Crippen molar-refractivity contribution in [3.05, 3.63) is 29.3 Å². The first-order chi connectivity index (χ1) is 8.37. The van der Waals surface area contributed by atoms with Gasteiger partial charge in [0.15, 0.2) is 0 Å². The Balaban J connectivity index is 2.79. The monoisotopic (exact) mass is 250 g/mol. The molecule has 0 aliphatic carbocycles. The van der Waals surface area contributed by atoms with E-state index in [1.807, 2.05) is 6.07 Å². The zero-order valence-electron chi connectivity index (χ0n) is 12.2. The summed E-state index contributed by atoms with van der Waals surface area (Å²) in [4.78, 5) is 0. The number of aryl methyl sites for hydroxylation is 1. The van der Waals surface area contributed by atoms with Crippen molar-refractivity contribution >= 4 is 0 Å². The van der Waals surface area contributed by atoms with E-state index in [-0.39, 0.29) is 6.04 Å². The standard InChI is InChI=1S/C15H26N2O/c1-11-10-12(6-7-14(11)18-5)13(17-16)8-9-15(2,3)4/h6-7,10,13,17H,8-9,16H2,1-5H3. The van der Waals surface area contributed by atoms with E-state index in [0.717, 1.165) is 24.2 Å². The predicted octanol–water partition coefficient (Wildman–Crippen LogP) is 3.33. The first-order valence-corrected chi connectivity index (χ1v) is 6.48. The van der Waals surface area contributed by atoms with Crippen LogP contribution >= 0.6 is 0 Å². The lowest BCUT2D eigenvalue weighted by Gasteiger charge is -2.23. The zero-order valence-corrected chi connectivity index (χ0v) is 12.2. The van der Waals surface area contributed by atoms with Crippen LogP contribution in [0.5, 0.6) is 5.75 Å².